The summed E-state index contributed by atoms with van der Waals surface area (Å²) in [6, 6.07) is 22.8. The maximum absolute atomic E-state index is 12.5. The molecule has 30 heavy (non-hydrogen) atoms. The lowest BCUT2D eigenvalue weighted by Crippen LogP contribution is -2.22. The van der Waals surface area contributed by atoms with Gasteiger partial charge < -0.3 is 14.5 Å². The summed E-state index contributed by atoms with van der Waals surface area (Å²) in [4.78, 5) is 17.0. The zero-order chi connectivity index (χ0) is 20.8. The van der Waals surface area contributed by atoms with Crippen molar-refractivity contribution in [3.8, 4) is 17.2 Å². The van der Waals surface area contributed by atoms with E-state index in [0.29, 0.717) is 24.6 Å². The summed E-state index contributed by atoms with van der Waals surface area (Å²) in [5, 5.41) is 2.96. The van der Waals surface area contributed by atoms with Crippen LogP contribution in [-0.4, -0.2) is 17.5 Å². The SMILES string of the molecule is CCCCOc1cccc(C(=O)NCc2ccc(-c3nc4ccccc4o3)cc2)c1. The topological polar surface area (TPSA) is 64.4 Å². The number of fused-ring (bicyclic) bond motifs is 1. The van der Waals surface area contributed by atoms with Crippen molar-refractivity contribution >= 4 is 17.0 Å². The number of carbonyl (C=O) groups excluding carboxylic acids is 1. The lowest BCUT2D eigenvalue weighted by molar-refractivity contribution is 0.0950. The van der Waals surface area contributed by atoms with Crippen molar-refractivity contribution in [2.75, 3.05) is 6.61 Å². The van der Waals surface area contributed by atoms with Crippen molar-refractivity contribution in [1.82, 2.24) is 10.3 Å². The first-order chi connectivity index (χ1) is 14.7. The average molecular weight is 400 g/mol. The van der Waals surface area contributed by atoms with Crippen LogP contribution in [-0.2, 0) is 6.54 Å². The Balaban J connectivity index is 1.37. The standard InChI is InChI=1S/C25H24N2O3/c1-2-3-15-29-21-8-6-7-20(16-21)24(28)26-17-18-11-13-19(14-12-18)25-27-22-9-4-5-10-23(22)30-25/h4-14,16H,2-3,15,17H2,1H3,(H,26,28). The number of nitrogens with one attached hydrogen (secondary N) is 1. The van der Waals surface area contributed by atoms with E-state index in [1.165, 1.54) is 0 Å². The van der Waals surface area contributed by atoms with E-state index in [1.54, 1.807) is 12.1 Å². The summed E-state index contributed by atoms with van der Waals surface area (Å²) < 4.78 is 11.5. The molecule has 0 saturated carbocycles. The lowest BCUT2D eigenvalue weighted by atomic mass is 10.1. The van der Waals surface area contributed by atoms with E-state index < -0.39 is 0 Å². The number of benzene rings is 3. The fourth-order valence-electron chi connectivity index (χ4n) is 3.11. The number of ether oxygens (including phenoxy) is 1. The molecule has 1 aromatic heterocycles. The molecule has 152 valence electrons. The van der Waals surface area contributed by atoms with Crippen LogP contribution >= 0.6 is 0 Å². The summed E-state index contributed by atoms with van der Waals surface area (Å²) in [6.07, 6.45) is 2.07. The molecule has 0 saturated heterocycles. The maximum atomic E-state index is 12.5. The van der Waals surface area contributed by atoms with E-state index in [2.05, 4.69) is 17.2 Å². The Hall–Kier alpha value is -3.60. The Morgan fingerprint density at radius 1 is 1.03 bits per heavy atom. The van der Waals surface area contributed by atoms with Crippen LogP contribution in [0, 0.1) is 0 Å². The largest absolute Gasteiger partial charge is 0.494 e. The van der Waals surface area contributed by atoms with Crippen LogP contribution in [0.4, 0.5) is 0 Å². The summed E-state index contributed by atoms with van der Waals surface area (Å²) >= 11 is 0. The number of oxazole rings is 1. The van der Waals surface area contributed by atoms with E-state index in [-0.39, 0.29) is 5.91 Å². The van der Waals surface area contributed by atoms with E-state index in [1.807, 2.05) is 60.7 Å². The van der Waals surface area contributed by atoms with Gasteiger partial charge in [0.25, 0.3) is 5.91 Å². The number of para-hydroxylation sites is 2. The molecule has 0 spiro atoms. The number of hydrogen-bond acceptors (Lipinski definition) is 4. The van der Waals surface area contributed by atoms with Crippen molar-refractivity contribution in [3.05, 3.63) is 83.9 Å². The van der Waals surface area contributed by atoms with Gasteiger partial charge in [-0.3, -0.25) is 4.79 Å². The molecule has 4 aromatic rings. The molecule has 0 fully saturated rings. The number of hydrogen-bond donors (Lipinski definition) is 1. The van der Waals surface area contributed by atoms with Gasteiger partial charge in [-0.1, -0.05) is 43.7 Å². The summed E-state index contributed by atoms with van der Waals surface area (Å²) in [5.41, 5.74) is 4.10. The van der Waals surface area contributed by atoms with Gasteiger partial charge in [-0.15, -0.1) is 0 Å². The summed E-state index contributed by atoms with van der Waals surface area (Å²) in [7, 11) is 0. The fraction of sp³-hybridized carbons (Fsp3) is 0.200. The Labute approximate surface area is 175 Å². The molecule has 0 unspecified atom stereocenters. The second kappa shape index (κ2) is 9.27. The summed E-state index contributed by atoms with van der Waals surface area (Å²) in [5.74, 6) is 1.18. The monoisotopic (exact) mass is 400 g/mol. The molecule has 0 aliphatic carbocycles. The van der Waals surface area contributed by atoms with Crippen LogP contribution in [0.15, 0.2) is 77.2 Å². The highest BCUT2D eigenvalue weighted by Gasteiger charge is 2.09. The zero-order valence-electron chi connectivity index (χ0n) is 16.9. The predicted molar refractivity (Wildman–Crippen MR) is 117 cm³/mol. The molecule has 0 aliphatic heterocycles. The predicted octanol–water partition coefficient (Wildman–Crippen LogP) is 5.60. The minimum Gasteiger partial charge on any atom is -0.494 e. The van der Waals surface area contributed by atoms with Gasteiger partial charge in [0.1, 0.15) is 11.3 Å². The van der Waals surface area contributed by atoms with E-state index in [0.717, 1.165) is 40.8 Å². The molecule has 5 nitrogen and oxygen atoms in total. The highest BCUT2D eigenvalue weighted by Crippen LogP contribution is 2.24. The van der Waals surface area contributed by atoms with Crippen LogP contribution in [0.3, 0.4) is 0 Å². The van der Waals surface area contributed by atoms with Crippen LogP contribution < -0.4 is 10.1 Å². The quantitative estimate of drug-likeness (QED) is 0.391. The number of carbonyl (C=O) groups is 1. The van der Waals surface area contributed by atoms with Gasteiger partial charge >= 0.3 is 0 Å². The minimum absolute atomic E-state index is 0.126. The van der Waals surface area contributed by atoms with Gasteiger partial charge in [-0.2, -0.15) is 0 Å². The average Bonchev–Trinajstić information content (AvgIpc) is 3.22. The van der Waals surface area contributed by atoms with Crippen molar-refractivity contribution in [2.45, 2.75) is 26.3 Å². The second-order valence-corrected chi connectivity index (χ2v) is 7.10. The molecule has 1 heterocycles. The third-order valence-electron chi connectivity index (χ3n) is 4.81. The van der Waals surface area contributed by atoms with Crippen molar-refractivity contribution in [2.24, 2.45) is 0 Å². The number of unbranched alkanes of at least 4 members (excludes halogenated alkanes) is 1. The van der Waals surface area contributed by atoms with Crippen molar-refractivity contribution < 1.29 is 13.9 Å². The molecular weight excluding hydrogens is 376 g/mol. The zero-order valence-corrected chi connectivity index (χ0v) is 16.9. The molecule has 0 aliphatic rings. The Morgan fingerprint density at radius 2 is 1.87 bits per heavy atom. The highest BCUT2D eigenvalue weighted by atomic mass is 16.5. The lowest BCUT2D eigenvalue weighted by Gasteiger charge is -2.09. The number of aromatic nitrogens is 1. The first-order valence-corrected chi connectivity index (χ1v) is 10.2. The van der Waals surface area contributed by atoms with Crippen molar-refractivity contribution in [3.63, 3.8) is 0 Å². The number of amides is 1. The van der Waals surface area contributed by atoms with Crippen LogP contribution in [0.5, 0.6) is 5.75 Å². The molecule has 3 aromatic carbocycles. The second-order valence-electron chi connectivity index (χ2n) is 7.10. The van der Waals surface area contributed by atoms with Gasteiger partial charge in [-0.25, -0.2) is 4.98 Å². The van der Waals surface area contributed by atoms with Gasteiger partial charge in [-0.05, 0) is 54.4 Å². The Bertz CT molecular complexity index is 1100. The number of rotatable bonds is 8. The third-order valence-corrected chi connectivity index (χ3v) is 4.81. The smallest absolute Gasteiger partial charge is 0.251 e. The van der Waals surface area contributed by atoms with Gasteiger partial charge in [0.2, 0.25) is 5.89 Å². The van der Waals surface area contributed by atoms with Crippen LogP contribution in [0.25, 0.3) is 22.6 Å². The Morgan fingerprint density at radius 3 is 2.67 bits per heavy atom. The van der Waals surface area contributed by atoms with E-state index in [4.69, 9.17) is 9.15 Å². The molecular formula is C25H24N2O3. The molecule has 0 radical (unpaired) electrons. The fourth-order valence-corrected chi connectivity index (χ4v) is 3.11. The van der Waals surface area contributed by atoms with E-state index >= 15 is 0 Å². The van der Waals surface area contributed by atoms with E-state index in [9.17, 15) is 4.79 Å². The summed E-state index contributed by atoms with van der Waals surface area (Å²) in [6.45, 7) is 3.22. The minimum atomic E-state index is -0.126. The molecule has 1 amide bonds. The van der Waals surface area contributed by atoms with Crippen LogP contribution in [0.2, 0.25) is 0 Å². The third kappa shape index (κ3) is 4.69. The first kappa shape index (κ1) is 19.7. The first-order valence-electron chi connectivity index (χ1n) is 10.2. The van der Waals surface area contributed by atoms with Gasteiger partial charge in [0.05, 0.1) is 6.61 Å². The molecule has 4 rings (SSSR count). The molecule has 5 heteroatoms. The molecule has 0 atom stereocenters. The molecule has 1 N–H and O–H groups in total. The highest BCUT2D eigenvalue weighted by molar-refractivity contribution is 5.94. The normalized spacial score (nSPS) is 10.8. The van der Waals surface area contributed by atoms with Crippen LogP contribution in [0.1, 0.15) is 35.7 Å². The number of nitrogens with zero attached hydrogens (tertiary/aromatic N) is 1. The van der Waals surface area contributed by atoms with Gasteiger partial charge in [0.15, 0.2) is 5.58 Å². The maximum Gasteiger partial charge on any atom is 0.251 e. The Kier molecular flexibility index (Phi) is 6.09. The van der Waals surface area contributed by atoms with Gasteiger partial charge in [0, 0.05) is 17.7 Å². The van der Waals surface area contributed by atoms with Crippen molar-refractivity contribution in [1.29, 1.82) is 0 Å². The molecule has 0 bridgehead atoms.